The van der Waals surface area contributed by atoms with Crippen molar-refractivity contribution in [3.8, 4) is 5.75 Å². The number of ether oxygens (including phenoxy) is 1. The van der Waals surface area contributed by atoms with Gasteiger partial charge in [-0.05, 0) is 30.7 Å². The van der Waals surface area contributed by atoms with Gasteiger partial charge in [0.15, 0.2) is 11.6 Å². The number of nitrogen functional groups attached to an aromatic ring is 1. The molecule has 0 radical (unpaired) electrons. The van der Waals surface area contributed by atoms with E-state index in [0.29, 0.717) is 12.3 Å². The van der Waals surface area contributed by atoms with E-state index >= 15 is 0 Å². The van der Waals surface area contributed by atoms with Crippen LogP contribution in [0.1, 0.15) is 13.3 Å². The van der Waals surface area contributed by atoms with Crippen LogP contribution in [0.15, 0.2) is 30.5 Å². The van der Waals surface area contributed by atoms with E-state index in [4.69, 9.17) is 10.5 Å². The van der Waals surface area contributed by atoms with Crippen LogP contribution < -0.4 is 15.8 Å². The van der Waals surface area contributed by atoms with Gasteiger partial charge >= 0.3 is 0 Å². The van der Waals surface area contributed by atoms with Gasteiger partial charge in [0.2, 0.25) is 5.95 Å². The molecule has 2 rings (SSSR count). The van der Waals surface area contributed by atoms with Crippen molar-refractivity contribution in [3.05, 3.63) is 36.3 Å². The number of hydrogen-bond donors (Lipinski definition) is 2. The number of halogens is 1. The predicted octanol–water partition coefficient (Wildman–Crippen LogP) is 2.73. The van der Waals surface area contributed by atoms with E-state index in [2.05, 4.69) is 15.3 Å². The Morgan fingerprint density at radius 2 is 2.05 bits per heavy atom. The van der Waals surface area contributed by atoms with Crippen molar-refractivity contribution >= 4 is 17.5 Å². The quantitative estimate of drug-likeness (QED) is 0.866. The molecule has 5 nitrogen and oxygen atoms in total. The molecule has 19 heavy (non-hydrogen) atoms. The Morgan fingerprint density at radius 1 is 1.32 bits per heavy atom. The molecule has 3 N–H and O–H groups in total. The van der Waals surface area contributed by atoms with Crippen LogP contribution in [0.2, 0.25) is 0 Å². The summed E-state index contributed by atoms with van der Waals surface area (Å²) in [6, 6.07) is 7.17. The van der Waals surface area contributed by atoms with E-state index in [0.717, 1.165) is 18.4 Å². The zero-order valence-corrected chi connectivity index (χ0v) is 10.6. The first-order valence-corrected chi connectivity index (χ1v) is 5.97. The summed E-state index contributed by atoms with van der Waals surface area (Å²) in [4.78, 5) is 7.35. The van der Waals surface area contributed by atoms with Crippen LogP contribution in [0.25, 0.3) is 0 Å². The van der Waals surface area contributed by atoms with E-state index in [1.165, 1.54) is 0 Å². The second-order valence-corrected chi connectivity index (χ2v) is 3.92. The fourth-order valence-electron chi connectivity index (χ4n) is 1.46. The molecular formula is C13H15FN4O. The molecule has 0 aliphatic rings. The van der Waals surface area contributed by atoms with Crippen molar-refractivity contribution in [3.63, 3.8) is 0 Å². The second kappa shape index (κ2) is 5.99. The number of benzene rings is 1. The normalized spacial score (nSPS) is 10.2. The van der Waals surface area contributed by atoms with Crippen molar-refractivity contribution in [2.24, 2.45) is 0 Å². The Hall–Kier alpha value is -2.37. The molecule has 1 aromatic heterocycles. The van der Waals surface area contributed by atoms with Crippen LogP contribution in [0.4, 0.5) is 21.8 Å². The minimum atomic E-state index is -0.555. The monoisotopic (exact) mass is 262 g/mol. The molecule has 0 amide bonds. The van der Waals surface area contributed by atoms with Gasteiger partial charge in [0.05, 0.1) is 12.8 Å². The van der Waals surface area contributed by atoms with Crippen LogP contribution in [0, 0.1) is 5.82 Å². The molecule has 1 aromatic carbocycles. The van der Waals surface area contributed by atoms with Gasteiger partial charge in [0.25, 0.3) is 0 Å². The van der Waals surface area contributed by atoms with Crippen LogP contribution >= 0.6 is 0 Å². The van der Waals surface area contributed by atoms with Crippen LogP contribution in [-0.2, 0) is 0 Å². The summed E-state index contributed by atoms with van der Waals surface area (Å²) in [5.41, 5.74) is 6.11. The maximum absolute atomic E-state index is 13.4. The summed E-state index contributed by atoms with van der Waals surface area (Å²) in [7, 11) is 0. The van der Waals surface area contributed by atoms with E-state index in [9.17, 15) is 4.39 Å². The first kappa shape index (κ1) is 13.1. The van der Waals surface area contributed by atoms with Gasteiger partial charge in [0.1, 0.15) is 5.75 Å². The van der Waals surface area contributed by atoms with Crippen molar-refractivity contribution < 1.29 is 9.13 Å². The standard InChI is InChI=1S/C13H15FN4O/c1-2-7-19-10-5-3-9(4-6-10)17-12-11(14)8-16-13(15)18-12/h3-6,8H,2,7H2,1H3,(H3,15,16,17,18). The minimum Gasteiger partial charge on any atom is -0.494 e. The Balaban J connectivity index is 2.08. The highest BCUT2D eigenvalue weighted by Gasteiger charge is 2.05. The fraction of sp³-hybridized carbons (Fsp3) is 0.231. The lowest BCUT2D eigenvalue weighted by atomic mass is 10.3. The molecule has 0 atom stereocenters. The molecule has 0 fully saturated rings. The second-order valence-electron chi connectivity index (χ2n) is 3.92. The zero-order valence-electron chi connectivity index (χ0n) is 10.6. The SMILES string of the molecule is CCCOc1ccc(Nc2nc(N)ncc2F)cc1. The average Bonchev–Trinajstić information content (AvgIpc) is 2.42. The summed E-state index contributed by atoms with van der Waals surface area (Å²) in [5, 5.41) is 2.83. The fourth-order valence-corrected chi connectivity index (χ4v) is 1.46. The zero-order chi connectivity index (χ0) is 13.7. The number of anilines is 3. The molecule has 0 spiro atoms. The van der Waals surface area contributed by atoms with Crippen molar-refractivity contribution in [1.82, 2.24) is 9.97 Å². The number of rotatable bonds is 5. The lowest BCUT2D eigenvalue weighted by Gasteiger charge is -2.08. The number of nitrogens with two attached hydrogens (primary N) is 1. The summed E-state index contributed by atoms with van der Waals surface area (Å²) in [5.74, 6) is 0.289. The Labute approximate surface area is 110 Å². The van der Waals surface area contributed by atoms with Gasteiger partial charge in [-0.3, -0.25) is 0 Å². The first-order valence-electron chi connectivity index (χ1n) is 5.97. The molecule has 0 bridgehead atoms. The summed E-state index contributed by atoms with van der Waals surface area (Å²) in [6.07, 6.45) is 1.98. The number of aromatic nitrogens is 2. The average molecular weight is 262 g/mol. The van der Waals surface area contributed by atoms with Gasteiger partial charge in [-0.2, -0.15) is 4.98 Å². The lowest BCUT2D eigenvalue weighted by Crippen LogP contribution is -2.02. The first-order chi connectivity index (χ1) is 9.19. The van der Waals surface area contributed by atoms with Crippen molar-refractivity contribution in [2.75, 3.05) is 17.7 Å². The van der Waals surface area contributed by atoms with Crippen LogP contribution in [0.3, 0.4) is 0 Å². The van der Waals surface area contributed by atoms with Gasteiger partial charge in [-0.15, -0.1) is 0 Å². The Kier molecular flexibility index (Phi) is 4.12. The van der Waals surface area contributed by atoms with Gasteiger partial charge in [-0.25, -0.2) is 9.37 Å². The Bertz CT molecular complexity index is 545. The maximum Gasteiger partial charge on any atom is 0.222 e. The summed E-state index contributed by atoms with van der Waals surface area (Å²) < 4.78 is 18.9. The molecule has 0 unspecified atom stereocenters. The third-order valence-electron chi connectivity index (χ3n) is 2.35. The number of nitrogens with zero attached hydrogens (tertiary/aromatic N) is 2. The highest BCUT2D eigenvalue weighted by Crippen LogP contribution is 2.20. The van der Waals surface area contributed by atoms with E-state index in [1.54, 1.807) is 24.3 Å². The van der Waals surface area contributed by atoms with E-state index in [-0.39, 0.29) is 11.8 Å². The summed E-state index contributed by atoms with van der Waals surface area (Å²) >= 11 is 0. The molecule has 6 heteroatoms. The predicted molar refractivity (Wildman–Crippen MR) is 71.9 cm³/mol. The smallest absolute Gasteiger partial charge is 0.222 e. The molecule has 1 heterocycles. The van der Waals surface area contributed by atoms with Gasteiger partial charge in [-0.1, -0.05) is 6.92 Å². The van der Waals surface area contributed by atoms with Crippen LogP contribution in [0.5, 0.6) is 5.75 Å². The third-order valence-corrected chi connectivity index (χ3v) is 2.35. The molecule has 0 aliphatic heterocycles. The highest BCUT2D eigenvalue weighted by atomic mass is 19.1. The highest BCUT2D eigenvalue weighted by molar-refractivity contribution is 5.58. The molecule has 0 aliphatic carbocycles. The largest absolute Gasteiger partial charge is 0.494 e. The lowest BCUT2D eigenvalue weighted by molar-refractivity contribution is 0.317. The maximum atomic E-state index is 13.4. The number of hydrogen-bond acceptors (Lipinski definition) is 5. The molecular weight excluding hydrogens is 247 g/mol. The van der Waals surface area contributed by atoms with Crippen molar-refractivity contribution in [1.29, 1.82) is 0 Å². The van der Waals surface area contributed by atoms with Crippen molar-refractivity contribution in [2.45, 2.75) is 13.3 Å². The van der Waals surface area contributed by atoms with E-state index < -0.39 is 5.82 Å². The topological polar surface area (TPSA) is 73.1 Å². The molecule has 2 aromatic rings. The molecule has 0 saturated heterocycles. The molecule has 100 valence electrons. The van der Waals surface area contributed by atoms with Gasteiger partial charge in [0, 0.05) is 5.69 Å². The van der Waals surface area contributed by atoms with Gasteiger partial charge < -0.3 is 15.8 Å². The number of nitrogens with one attached hydrogen (secondary N) is 1. The third kappa shape index (κ3) is 3.54. The molecule has 0 saturated carbocycles. The Morgan fingerprint density at radius 3 is 2.74 bits per heavy atom. The summed E-state index contributed by atoms with van der Waals surface area (Å²) in [6.45, 7) is 2.71. The van der Waals surface area contributed by atoms with E-state index in [1.807, 2.05) is 6.92 Å². The minimum absolute atomic E-state index is 0.0202. The van der Waals surface area contributed by atoms with Crippen LogP contribution in [-0.4, -0.2) is 16.6 Å².